The second kappa shape index (κ2) is 4.50. The number of hydrogen-bond acceptors (Lipinski definition) is 2. The summed E-state index contributed by atoms with van der Waals surface area (Å²) < 4.78 is 0. The molecule has 2 rings (SSSR count). The minimum absolute atomic E-state index is 0.0467. The molecule has 1 aromatic heterocycles. The van der Waals surface area contributed by atoms with Crippen molar-refractivity contribution in [2.24, 2.45) is 0 Å². The van der Waals surface area contributed by atoms with E-state index in [4.69, 9.17) is 34.8 Å². The van der Waals surface area contributed by atoms with Crippen LogP contribution in [0.5, 0.6) is 5.75 Å². The number of rotatable bonds is 1. The maximum atomic E-state index is 9.34. The van der Waals surface area contributed by atoms with E-state index in [9.17, 15) is 5.11 Å². The van der Waals surface area contributed by atoms with Gasteiger partial charge in [-0.05, 0) is 23.8 Å². The van der Waals surface area contributed by atoms with Crippen molar-refractivity contribution in [3.63, 3.8) is 0 Å². The minimum Gasteiger partial charge on any atom is -0.506 e. The number of aromatic nitrogens is 1. The van der Waals surface area contributed by atoms with Gasteiger partial charge in [0.2, 0.25) is 0 Å². The highest BCUT2D eigenvalue weighted by Gasteiger charge is 2.08. The smallest absolute Gasteiger partial charge is 0.137 e. The van der Waals surface area contributed by atoms with Crippen molar-refractivity contribution in [2.45, 2.75) is 0 Å². The molecule has 0 aliphatic carbocycles. The highest BCUT2D eigenvalue weighted by atomic mass is 35.5. The summed E-state index contributed by atoms with van der Waals surface area (Å²) in [4.78, 5) is 3.85. The molecule has 0 saturated carbocycles. The molecule has 0 radical (unpaired) electrons. The Morgan fingerprint density at radius 1 is 1.00 bits per heavy atom. The molecular formula is C11H6Cl3NO. The zero-order chi connectivity index (χ0) is 11.7. The van der Waals surface area contributed by atoms with Crippen LogP contribution in [0.3, 0.4) is 0 Å². The molecule has 2 aromatic rings. The van der Waals surface area contributed by atoms with Crippen LogP contribution in [0.15, 0.2) is 30.5 Å². The molecule has 0 aliphatic rings. The van der Waals surface area contributed by atoms with Gasteiger partial charge in [-0.3, -0.25) is 0 Å². The third-order valence-electron chi connectivity index (χ3n) is 2.06. The first kappa shape index (κ1) is 11.5. The van der Waals surface area contributed by atoms with Crippen LogP contribution in [0, 0.1) is 0 Å². The summed E-state index contributed by atoms with van der Waals surface area (Å²) in [6.07, 6.45) is 1.28. The molecule has 0 unspecified atom stereocenters. The Labute approximate surface area is 107 Å². The molecule has 2 nitrogen and oxygen atoms in total. The predicted octanol–water partition coefficient (Wildman–Crippen LogP) is 4.41. The first-order valence-electron chi connectivity index (χ1n) is 4.38. The minimum atomic E-state index is 0.0467. The zero-order valence-electron chi connectivity index (χ0n) is 7.92. The molecule has 0 amide bonds. The molecular weight excluding hydrogens is 268 g/mol. The van der Waals surface area contributed by atoms with Crippen molar-refractivity contribution in [1.82, 2.24) is 4.98 Å². The lowest BCUT2D eigenvalue weighted by Gasteiger charge is -2.05. The second-order valence-corrected chi connectivity index (χ2v) is 4.33. The summed E-state index contributed by atoms with van der Waals surface area (Å²) in [5.41, 5.74) is 1.36. The van der Waals surface area contributed by atoms with Crippen LogP contribution in [0.4, 0.5) is 0 Å². The summed E-state index contributed by atoms with van der Waals surface area (Å²) in [5.74, 6) is 0.0467. The normalized spacial score (nSPS) is 10.4. The van der Waals surface area contributed by atoms with Gasteiger partial charge in [-0.25, -0.2) is 4.98 Å². The van der Waals surface area contributed by atoms with Gasteiger partial charge in [0.1, 0.15) is 10.9 Å². The van der Waals surface area contributed by atoms with Crippen LogP contribution in [0.25, 0.3) is 11.1 Å². The maximum Gasteiger partial charge on any atom is 0.137 e. The Kier molecular flexibility index (Phi) is 3.24. The third-order valence-corrected chi connectivity index (χ3v) is 3.10. The van der Waals surface area contributed by atoms with Gasteiger partial charge in [0, 0.05) is 5.56 Å². The van der Waals surface area contributed by atoms with Gasteiger partial charge < -0.3 is 5.11 Å². The van der Waals surface area contributed by atoms with E-state index in [1.54, 1.807) is 18.2 Å². The topological polar surface area (TPSA) is 33.1 Å². The van der Waals surface area contributed by atoms with Gasteiger partial charge in [0.25, 0.3) is 0 Å². The van der Waals surface area contributed by atoms with Crippen LogP contribution in [-0.4, -0.2) is 10.1 Å². The van der Waals surface area contributed by atoms with Gasteiger partial charge in [-0.15, -0.1) is 0 Å². The molecule has 82 valence electrons. The summed E-state index contributed by atoms with van der Waals surface area (Å²) in [6, 6.07) is 6.62. The third kappa shape index (κ3) is 2.24. The van der Waals surface area contributed by atoms with Crippen LogP contribution in [0.2, 0.25) is 15.2 Å². The molecule has 0 fully saturated rings. The second-order valence-electron chi connectivity index (χ2n) is 3.16. The summed E-state index contributed by atoms with van der Waals surface area (Å²) in [5, 5.41) is 10.5. The molecule has 1 aromatic carbocycles. The highest BCUT2D eigenvalue weighted by molar-refractivity contribution is 6.42. The van der Waals surface area contributed by atoms with E-state index in [1.807, 2.05) is 0 Å². The quantitative estimate of drug-likeness (QED) is 0.781. The largest absolute Gasteiger partial charge is 0.506 e. The van der Waals surface area contributed by atoms with Crippen molar-refractivity contribution in [3.8, 4) is 16.9 Å². The summed E-state index contributed by atoms with van der Waals surface area (Å²) >= 11 is 17.6. The van der Waals surface area contributed by atoms with Crippen LogP contribution in [-0.2, 0) is 0 Å². The molecule has 0 atom stereocenters. The van der Waals surface area contributed by atoms with Gasteiger partial charge >= 0.3 is 0 Å². The van der Waals surface area contributed by atoms with Gasteiger partial charge in [0.05, 0.1) is 16.2 Å². The lowest BCUT2D eigenvalue weighted by molar-refractivity contribution is 0.473. The number of hydrogen-bond donors (Lipinski definition) is 1. The standard InChI is InChI=1S/C11H6Cl3NO/c12-9-2-1-6(3-10(9)13)8-4-7(16)5-15-11(8)14/h1-5,16H. The van der Waals surface area contributed by atoms with E-state index in [0.717, 1.165) is 5.56 Å². The van der Waals surface area contributed by atoms with Crippen molar-refractivity contribution in [2.75, 3.05) is 0 Å². The van der Waals surface area contributed by atoms with E-state index in [2.05, 4.69) is 4.98 Å². The first-order chi connectivity index (χ1) is 7.58. The summed E-state index contributed by atoms with van der Waals surface area (Å²) in [6.45, 7) is 0. The van der Waals surface area contributed by atoms with E-state index < -0.39 is 0 Å². The Morgan fingerprint density at radius 2 is 1.75 bits per heavy atom. The van der Waals surface area contributed by atoms with Gasteiger partial charge in [-0.1, -0.05) is 40.9 Å². The highest BCUT2D eigenvalue weighted by Crippen LogP contribution is 2.33. The predicted molar refractivity (Wildman–Crippen MR) is 66.4 cm³/mol. The van der Waals surface area contributed by atoms with Crippen molar-refractivity contribution >= 4 is 34.8 Å². The van der Waals surface area contributed by atoms with Crippen molar-refractivity contribution in [1.29, 1.82) is 0 Å². The lowest BCUT2D eigenvalue weighted by atomic mass is 10.1. The summed E-state index contributed by atoms with van der Waals surface area (Å²) in [7, 11) is 0. The van der Waals surface area contributed by atoms with Gasteiger partial charge in [-0.2, -0.15) is 0 Å². The SMILES string of the molecule is Oc1cnc(Cl)c(-c2ccc(Cl)c(Cl)c2)c1. The maximum absolute atomic E-state index is 9.34. The number of aromatic hydroxyl groups is 1. The van der Waals surface area contributed by atoms with Crippen molar-refractivity contribution in [3.05, 3.63) is 45.7 Å². The molecule has 0 bridgehead atoms. The van der Waals surface area contributed by atoms with Crippen molar-refractivity contribution < 1.29 is 5.11 Å². The Bertz CT molecular complexity index is 543. The number of pyridine rings is 1. The fourth-order valence-electron chi connectivity index (χ4n) is 1.30. The molecule has 0 aliphatic heterocycles. The van der Waals surface area contributed by atoms with Crippen LogP contribution in [0.1, 0.15) is 0 Å². The molecule has 5 heteroatoms. The Morgan fingerprint density at radius 3 is 2.44 bits per heavy atom. The molecule has 16 heavy (non-hydrogen) atoms. The monoisotopic (exact) mass is 273 g/mol. The van der Waals surface area contributed by atoms with Crippen LogP contribution < -0.4 is 0 Å². The van der Waals surface area contributed by atoms with Gasteiger partial charge in [0.15, 0.2) is 0 Å². The fourth-order valence-corrected chi connectivity index (χ4v) is 1.81. The zero-order valence-corrected chi connectivity index (χ0v) is 10.2. The lowest BCUT2D eigenvalue weighted by Crippen LogP contribution is -1.83. The van der Waals surface area contributed by atoms with E-state index >= 15 is 0 Å². The van der Waals surface area contributed by atoms with E-state index in [-0.39, 0.29) is 5.75 Å². The van der Waals surface area contributed by atoms with E-state index in [0.29, 0.717) is 20.8 Å². The number of nitrogens with zero attached hydrogens (tertiary/aromatic N) is 1. The molecule has 0 spiro atoms. The number of benzene rings is 1. The van der Waals surface area contributed by atoms with Crippen LogP contribution >= 0.6 is 34.8 Å². The average molecular weight is 275 g/mol. The molecule has 0 saturated heterocycles. The molecule has 1 heterocycles. The average Bonchev–Trinajstić information content (AvgIpc) is 2.26. The fraction of sp³-hybridized carbons (Fsp3) is 0. The number of halogens is 3. The van der Waals surface area contributed by atoms with E-state index in [1.165, 1.54) is 12.3 Å². The molecule has 1 N–H and O–H groups in total. The first-order valence-corrected chi connectivity index (χ1v) is 5.51. The Balaban J connectivity index is 2.58. The Hall–Kier alpha value is -0.960.